The van der Waals surface area contributed by atoms with E-state index in [1.54, 1.807) is 6.08 Å². The van der Waals surface area contributed by atoms with Gasteiger partial charge < -0.3 is 14.5 Å². The summed E-state index contributed by atoms with van der Waals surface area (Å²) in [5.74, 6) is 3.20. The maximum absolute atomic E-state index is 13.0. The Labute approximate surface area is 220 Å². The van der Waals surface area contributed by atoms with Gasteiger partial charge in [-0.25, -0.2) is 0 Å². The van der Waals surface area contributed by atoms with Crippen LogP contribution in [0.3, 0.4) is 0 Å². The highest BCUT2D eigenvalue weighted by Crippen LogP contribution is 2.68. The molecule has 0 heterocycles. The van der Waals surface area contributed by atoms with Crippen LogP contribution in [0.4, 0.5) is 0 Å². The van der Waals surface area contributed by atoms with Gasteiger partial charge in [0.1, 0.15) is 6.10 Å². The van der Waals surface area contributed by atoms with Crippen LogP contribution >= 0.6 is 0 Å². The van der Waals surface area contributed by atoms with Crippen LogP contribution in [0.1, 0.15) is 92.9 Å². The molecule has 0 aromatic heterocycles. The first-order valence-electron chi connectivity index (χ1n) is 14.6. The van der Waals surface area contributed by atoms with E-state index in [1.165, 1.54) is 39.0 Å². The molecule has 5 nitrogen and oxygen atoms in total. The molecule has 0 aromatic rings. The second-order valence-corrected chi connectivity index (χ2v) is 13.8. The van der Waals surface area contributed by atoms with E-state index in [-0.39, 0.29) is 29.4 Å². The van der Waals surface area contributed by atoms with Gasteiger partial charge in [-0.1, -0.05) is 19.4 Å². The molecule has 10 atom stereocenters. The highest BCUT2D eigenvalue weighted by atomic mass is 16.5. The van der Waals surface area contributed by atoms with Crippen LogP contribution in [0.25, 0.3) is 0 Å². The molecule has 0 bridgehead atoms. The molecule has 4 aliphatic carbocycles. The minimum absolute atomic E-state index is 0.0230. The van der Waals surface area contributed by atoms with Crippen molar-refractivity contribution in [3.8, 4) is 0 Å². The number of ether oxygens (including phenoxy) is 1. The number of rotatable bonds is 5. The molecule has 36 heavy (non-hydrogen) atoms. The van der Waals surface area contributed by atoms with Gasteiger partial charge in [0.2, 0.25) is 5.91 Å². The Morgan fingerprint density at radius 2 is 1.47 bits per heavy atom. The Balaban J connectivity index is 1.60. The van der Waals surface area contributed by atoms with Gasteiger partial charge in [-0.15, -0.1) is 0 Å². The predicted molar refractivity (Wildman–Crippen MR) is 145 cm³/mol. The smallest absolute Gasteiger partial charge is 0.302 e. The average Bonchev–Trinajstić information content (AvgIpc) is 3.14. The van der Waals surface area contributed by atoms with Crippen LogP contribution in [0.5, 0.6) is 0 Å². The van der Waals surface area contributed by atoms with E-state index in [9.17, 15) is 9.59 Å². The Morgan fingerprint density at radius 1 is 0.861 bits per heavy atom. The highest BCUT2D eigenvalue weighted by Gasteiger charge is 2.63. The van der Waals surface area contributed by atoms with Crippen molar-refractivity contribution >= 4 is 11.9 Å². The van der Waals surface area contributed by atoms with Gasteiger partial charge in [-0.05, 0) is 121 Å². The number of hydrogen-bond donors (Lipinski definition) is 0. The molecule has 0 spiro atoms. The Hall–Kier alpha value is -1.36. The van der Waals surface area contributed by atoms with Gasteiger partial charge in [0.15, 0.2) is 0 Å². The third-order valence-electron chi connectivity index (χ3n) is 11.7. The summed E-state index contributed by atoms with van der Waals surface area (Å²) in [7, 11) is 6.38. The fourth-order valence-corrected chi connectivity index (χ4v) is 9.76. The summed E-state index contributed by atoms with van der Waals surface area (Å²) in [6.45, 7) is 13.0. The minimum Gasteiger partial charge on any atom is -0.460 e. The molecule has 0 unspecified atom stereocenters. The molecule has 4 fully saturated rings. The number of carbonyl (C=O) groups is 2. The SMILES string of the molecule is CC(=O)O[C@H]1[C@H](N(C)C(=O)C=C(C)C)CC[C@]2(C)[C@H]3CC[C@@]4(C)[C@H](CC[C@@H]4[C@H](C)N(C)C)[C@@H]3CC[C@@H]12. The number of allylic oxidation sites excluding steroid dienone is 1. The molecule has 4 aliphatic rings. The molecule has 204 valence electrons. The number of likely N-dealkylation sites (N-methyl/N-ethyl adjacent to an activating group) is 1. The molecule has 1 amide bonds. The van der Waals surface area contributed by atoms with E-state index in [2.05, 4.69) is 39.8 Å². The molecule has 0 N–H and O–H groups in total. The zero-order valence-corrected chi connectivity index (χ0v) is 24.5. The van der Waals surface area contributed by atoms with E-state index < -0.39 is 0 Å². The number of esters is 1. The molecule has 4 rings (SSSR count). The van der Waals surface area contributed by atoms with Crippen molar-refractivity contribution in [2.75, 3.05) is 21.1 Å². The van der Waals surface area contributed by atoms with Gasteiger partial charge in [0.05, 0.1) is 6.04 Å². The third-order valence-corrected chi connectivity index (χ3v) is 11.7. The molecule has 0 aromatic carbocycles. The first kappa shape index (κ1) is 27.7. The molecular formula is C31H52N2O3. The van der Waals surface area contributed by atoms with Crippen LogP contribution in [0, 0.1) is 40.4 Å². The van der Waals surface area contributed by atoms with Crippen molar-refractivity contribution in [3.05, 3.63) is 11.6 Å². The zero-order chi connectivity index (χ0) is 26.6. The molecule has 5 heteroatoms. The number of fused-ring (bicyclic) bond motifs is 5. The average molecular weight is 501 g/mol. The number of amides is 1. The summed E-state index contributed by atoms with van der Waals surface area (Å²) in [6, 6.07) is 0.582. The van der Waals surface area contributed by atoms with E-state index in [4.69, 9.17) is 4.74 Å². The van der Waals surface area contributed by atoms with E-state index in [1.807, 2.05) is 25.8 Å². The van der Waals surface area contributed by atoms with Gasteiger partial charge in [0.25, 0.3) is 0 Å². The number of carbonyl (C=O) groups excluding carboxylic acids is 2. The maximum atomic E-state index is 13.0. The predicted octanol–water partition coefficient (Wildman–Crippen LogP) is 5.93. The molecule has 0 saturated heterocycles. The Morgan fingerprint density at radius 3 is 2.08 bits per heavy atom. The summed E-state index contributed by atoms with van der Waals surface area (Å²) >= 11 is 0. The lowest BCUT2D eigenvalue weighted by Crippen LogP contribution is -2.62. The summed E-state index contributed by atoms with van der Waals surface area (Å²) < 4.78 is 6.12. The van der Waals surface area contributed by atoms with Crippen LogP contribution < -0.4 is 0 Å². The van der Waals surface area contributed by atoms with Crippen molar-refractivity contribution < 1.29 is 14.3 Å². The van der Waals surface area contributed by atoms with Crippen molar-refractivity contribution in [3.63, 3.8) is 0 Å². The van der Waals surface area contributed by atoms with Crippen LogP contribution in [-0.2, 0) is 14.3 Å². The van der Waals surface area contributed by atoms with Crippen LogP contribution in [0.2, 0.25) is 0 Å². The molecule has 0 radical (unpaired) electrons. The lowest BCUT2D eigenvalue weighted by atomic mass is 9.44. The fraction of sp³-hybridized carbons (Fsp3) is 0.871. The fourth-order valence-electron chi connectivity index (χ4n) is 9.76. The zero-order valence-electron chi connectivity index (χ0n) is 24.5. The van der Waals surface area contributed by atoms with Crippen LogP contribution in [0.15, 0.2) is 11.6 Å². The topological polar surface area (TPSA) is 49.9 Å². The number of nitrogens with zero attached hydrogens (tertiary/aromatic N) is 2. The minimum atomic E-state index is -0.216. The lowest BCUT2D eigenvalue weighted by Gasteiger charge is -2.63. The largest absolute Gasteiger partial charge is 0.460 e. The van der Waals surface area contributed by atoms with Crippen molar-refractivity contribution in [1.82, 2.24) is 9.80 Å². The van der Waals surface area contributed by atoms with Gasteiger partial charge in [-0.2, -0.15) is 0 Å². The van der Waals surface area contributed by atoms with Crippen LogP contribution in [-0.4, -0.2) is 61.0 Å². The second-order valence-electron chi connectivity index (χ2n) is 13.8. The lowest BCUT2D eigenvalue weighted by molar-refractivity contribution is -0.188. The maximum Gasteiger partial charge on any atom is 0.302 e. The Kier molecular flexibility index (Phi) is 7.74. The number of hydrogen-bond acceptors (Lipinski definition) is 4. The van der Waals surface area contributed by atoms with E-state index in [0.29, 0.717) is 23.3 Å². The summed E-state index contributed by atoms with van der Waals surface area (Å²) in [6.07, 6.45) is 11.2. The third kappa shape index (κ3) is 4.56. The first-order valence-corrected chi connectivity index (χ1v) is 14.6. The van der Waals surface area contributed by atoms with E-state index in [0.717, 1.165) is 42.6 Å². The summed E-state index contributed by atoms with van der Waals surface area (Å²) in [4.78, 5) is 29.5. The molecule has 0 aliphatic heterocycles. The van der Waals surface area contributed by atoms with Crippen molar-refractivity contribution in [2.24, 2.45) is 40.4 Å². The normalized spacial score (nSPS) is 42.6. The van der Waals surface area contributed by atoms with E-state index >= 15 is 0 Å². The van der Waals surface area contributed by atoms with Gasteiger partial charge in [0, 0.05) is 32.0 Å². The monoisotopic (exact) mass is 500 g/mol. The summed E-state index contributed by atoms with van der Waals surface area (Å²) in [5.41, 5.74) is 1.62. The first-order chi connectivity index (χ1) is 16.8. The second kappa shape index (κ2) is 10.1. The summed E-state index contributed by atoms with van der Waals surface area (Å²) in [5, 5.41) is 0. The standard InChI is InChI=1S/C31H52N2O3/c1-19(2)18-28(35)33(9)27-15-17-31(6)25-14-16-30(5)23(20(3)32(7)8)12-13-24(30)22(25)10-11-26(31)29(27)36-21(4)34/h18,20,22-27,29H,10-17H2,1-9H3/t20-,22-,23+,24+,25-,26-,27+,29+,30+,31+/m0/s1. The molecule has 4 saturated carbocycles. The highest BCUT2D eigenvalue weighted by molar-refractivity contribution is 5.88. The quantitative estimate of drug-likeness (QED) is 0.347. The Bertz CT molecular complexity index is 879. The van der Waals surface area contributed by atoms with Gasteiger partial charge >= 0.3 is 5.97 Å². The van der Waals surface area contributed by atoms with Crippen molar-refractivity contribution in [1.29, 1.82) is 0 Å². The molecular weight excluding hydrogens is 448 g/mol. The van der Waals surface area contributed by atoms with Gasteiger partial charge in [-0.3, -0.25) is 9.59 Å². The van der Waals surface area contributed by atoms with Crippen molar-refractivity contribution in [2.45, 2.75) is 111 Å².